The van der Waals surface area contributed by atoms with E-state index in [9.17, 15) is 0 Å². The van der Waals surface area contributed by atoms with Crippen LogP contribution in [0.25, 0.3) is 0 Å². The van der Waals surface area contributed by atoms with Gasteiger partial charge in [0.05, 0.1) is 0 Å². The minimum atomic E-state index is 0.361. The van der Waals surface area contributed by atoms with Crippen LogP contribution in [0.1, 0.15) is 26.2 Å². The van der Waals surface area contributed by atoms with Gasteiger partial charge in [-0.3, -0.25) is 0 Å². The number of anilines is 2. The summed E-state index contributed by atoms with van der Waals surface area (Å²) in [5.74, 6) is 1.32. The molecule has 1 atom stereocenters. The van der Waals surface area contributed by atoms with Crippen molar-refractivity contribution in [3.63, 3.8) is 0 Å². The Bertz CT molecular complexity index is 313. The molecule has 2 heterocycles. The van der Waals surface area contributed by atoms with Gasteiger partial charge in [0.25, 0.3) is 0 Å². The van der Waals surface area contributed by atoms with E-state index in [0.717, 1.165) is 12.4 Å². The molecule has 0 radical (unpaired) electrons. The maximum Gasteiger partial charge on any atom is 0.221 e. The molecule has 4 nitrogen and oxygen atoms in total. The molecule has 1 aromatic rings. The number of piperidine rings is 1. The lowest BCUT2D eigenvalue weighted by Gasteiger charge is -2.34. The molecule has 0 amide bonds. The van der Waals surface area contributed by atoms with Gasteiger partial charge in [-0.2, -0.15) is 4.98 Å². The standard InChI is InChI=1S/C10H16N4/c1-8-4-2-3-7-14(8)9-5-6-12-10(11)13-9/h5-6,8H,2-4,7H2,1H3,(H2,11,12,13). The van der Waals surface area contributed by atoms with Gasteiger partial charge < -0.3 is 10.6 Å². The van der Waals surface area contributed by atoms with Crippen molar-refractivity contribution in [2.24, 2.45) is 0 Å². The number of rotatable bonds is 1. The maximum absolute atomic E-state index is 5.56. The Morgan fingerprint density at radius 1 is 1.50 bits per heavy atom. The summed E-state index contributed by atoms with van der Waals surface area (Å²) in [5, 5.41) is 0. The number of nitrogen functional groups attached to an aromatic ring is 1. The van der Waals surface area contributed by atoms with Crippen LogP contribution in [0.2, 0.25) is 0 Å². The lowest BCUT2D eigenvalue weighted by molar-refractivity contribution is 0.481. The van der Waals surface area contributed by atoms with Crippen LogP contribution in [-0.2, 0) is 0 Å². The van der Waals surface area contributed by atoms with Crippen molar-refractivity contribution < 1.29 is 0 Å². The Hall–Kier alpha value is -1.32. The van der Waals surface area contributed by atoms with Crippen LogP contribution >= 0.6 is 0 Å². The molecule has 1 unspecified atom stereocenters. The average Bonchev–Trinajstić information content (AvgIpc) is 2.18. The zero-order valence-corrected chi connectivity index (χ0v) is 8.48. The van der Waals surface area contributed by atoms with E-state index < -0.39 is 0 Å². The Kier molecular flexibility index (Phi) is 2.52. The summed E-state index contributed by atoms with van der Waals surface area (Å²) in [4.78, 5) is 10.4. The quantitative estimate of drug-likeness (QED) is 0.731. The van der Waals surface area contributed by atoms with Crippen LogP contribution in [-0.4, -0.2) is 22.6 Å². The topological polar surface area (TPSA) is 55.0 Å². The fourth-order valence-corrected chi connectivity index (χ4v) is 1.96. The highest BCUT2D eigenvalue weighted by atomic mass is 15.2. The first kappa shape index (κ1) is 9.24. The second kappa shape index (κ2) is 3.82. The smallest absolute Gasteiger partial charge is 0.221 e. The zero-order chi connectivity index (χ0) is 9.97. The monoisotopic (exact) mass is 192 g/mol. The van der Waals surface area contributed by atoms with Gasteiger partial charge >= 0.3 is 0 Å². The summed E-state index contributed by atoms with van der Waals surface area (Å²) in [6.07, 6.45) is 5.52. The molecule has 1 aliphatic heterocycles. The summed E-state index contributed by atoms with van der Waals surface area (Å²) >= 11 is 0. The van der Waals surface area contributed by atoms with Gasteiger partial charge in [0.2, 0.25) is 5.95 Å². The normalized spacial score (nSPS) is 22.4. The molecular formula is C10H16N4. The summed E-state index contributed by atoms with van der Waals surface area (Å²) in [6.45, 7) is 3.31. The minimum absolute atomic E-state index is 0.361. The second-order valence-electron chi connectivity index (χ2n) is 3.81. The fraction of sp³-hybridized carbons (Fsp3) is 0.600. The molecule has 0 bridgehead atoms. The van der Waals surface area contributed by atoms with Crippen LogP contribution in [0.5, 0.6) is 0 Å². The fourth-order valence-electron chi connectivity index (χ4n) is 1.96. The number of aromatic nitrogens is 2. The lowest BCUT2D eigenvalue weighted by Crippen LogP contribution is -2.38. The van der Waals surface area contributed by atoms with E-state index in [4.69, 9.17) is 5.73 Å². The molecule has 76 valence electrons. The highest BCUT2D eigenvalue weighted by Crippen LogP contribution is 2.22. The third-order valence-corrected chi connectivity index (χ3v) is 2.76. The van der Waals surface area contributed by atoms with E-state index in [1.54, 1.807) is 6.20 Å². The SMILES string of the molecule is CC1CCCCN1c1ccnc(N)n1. The lowest BCUT2D eigenvalue weighted by atomic mass is 10.0. The Balaban J connectivity index is 2.20. The van der Waals surface area contributed by atoms with E-state index in [0.29, 0.717) is 12.0 Å². The summed E-state index contributed by atoms with van der Waals surface area (Å²) in [5.41, 5.74) is 5.56. The van der Waals surface area contributed by atoms with Gasteiger partial charge in [0, 0.05) is 18.8 Å². The van der Waals surface area contributed by atoms with Crippen LogP contribution in [0, 0.1) is 0 Å². The molecule has 2 N–H and O–H groups in total. The van der Waals surface area contributed by atoms with Crippen molar-refractivity contribution >= 4 is 11.8 Å². The Morgan fingerprint density at radius 3 is 3.07 bits per heavy atom. The van der Waals surface area contributed by atoms with Crippen LogP contribution < -0.4 is 10.6 Å². The molecular weight excluding hydrogens is 176 g/mol. The van der Waals surface area contributed by atoms with Crippen molar-refractivity contribution in [1.82, 2.24) is 9.97 Å². The predicted molar refractivity (Wildman–Crippen MR) is 57.1 cm³/mol. The van der Waals surface area contributed by atoms with Crippen molar-refractivity contribution in [2.75, 3.05) is 17.2 Å². The van der Waals surface area contributed by atoms with Crippen molar-refractivity contribution in [1.29, 1.82) is 0 Å². The third kappa shape index (κ3) is 1.78. The molecule has 0 aromatic carbocycles. The number of hydrogen-bond acceptors (Lipinski definition) is 4. The molecule has 2 rings (SSSR count). The van der Waals surface area contributed by atoms with Gasteiger partial charge in [-0.05, 0) is 32.3 Å². The molecule has 1 aliphatic rings. The number of nitrogens with zero attached hydrogens (tertiary/aromatic N) is 3. The molecule has 1 saturated heterocycles. The Labute approximate surface area is 84.2 Å². The minimum Gasteiger partial charge on any atom is -0.368 e. The highest BCUT2D eigenvalue weighted by Gasteiger charge is 2.19. The first-order valence-corrected chi connectivity index (χ1v) is 5.12. The van der Waals surface area contributed by atoms with Crippen LogP contribution in [0.3, 0.4) is 0 Å². The second-order valence-corrected chi connectivity index (χ2v) is 3.81. The molecule has 4 heteroatoms. The Morgan fingerprint density at radius 2 is 2.36 bits per heavy atom. The van der Waals surface area contributed by atoms with Crippen LogP contribution in [0.4, 0.5) is 11.8 Å². The average molecular weight is 192 g/mol. The molecule has 1 aromatic heterocycles. The molecule has 0 spiro atoms. The first-order valence-electron chi connectivity index (χ1n) is 5.12. The highest BCUT2D eigenvalue weighted by molar-refractivity contribution is 5.42. The summed E-state index contributed by atoms with van der Waals surface area (Å²) in [7, 11) is 0. The van der Waals surface area contributed by atoms with Crippen molar-refractivity contribution in [3.8, 4) is 0 Å². The first-order chi connectivity index (χ1) is 6.77. The third-order valence-electron chi connectivity index (χ3n) is 2.76. The van der Waals surface area contributed by atoms with Crippen molar-refractivity contribution in [2.45, 2.75) is 32.2 Å². The van der Waals surface area contributed by atoms with Gasteiger partial charge in [-0.25, -0.2) is 4.98 Å². The van der Waals surface area contributed by atoms with Crippen molar-refractivity contribution in [3.05, 3.63) is 12.3 Å². The van der Waals surface area contributed by atoms with E-state index >= 15 is 0 Å². The molecule has 14 heavy (non-hydrogen) atoms. The molecule has 1 fully saturated rings. The number of nitrogens with two attached hydrogens (primary N) is 1. The van der Waals surface area contributed by atoms with Gasteiger partial charge in [-0.1, -0.05) is 0 Å². The van der Waals surface area contributed by atoms with E-state index in [-0.39, 0.29) is 0 Å². The zero-order valence-electron chi connectivity index (χ0n) is 8.48. The maximum atomic E-state index is 5.56. The predicted octanol–water partition coefficient (Wildman–Crippen LogP) is 1.44. The molecule has 0 saturated carbocycles. The number of hydrogen-bond donors (Lipinski definition) is 1. The van der Waals surface area contributed by atoms with Gasteiger partial charge in [0.1, 0.15) is 5.82 Å². The van der Waals surface area contributed by atoms with Crippen LogP contribution in [0.15, 0.2) is 12.3 Å². The van der Waals surface area contributed by atoms with E-state index in [2.05, 4.69) is 21.8 Å². The largest absolute Gasteiger partial charge is 0.368 e. The van der Waals surface area contributed by atoms with Gasteiger partial charge in [-0.15, -0.1) is 0 Å². The van der Waals surface area contributed by atoms with E-state index in [1.165, 1.54) is 19.3 Å². The van der Waals surface area contributed by atoms with E-state index in [1.807, 2.05) is 6.07 Å². The summed E-state index contributed by atoms with van der Waals surface area (Å²) < 4.78 is 0. The van der Waals surface area contributed by atoms with Gasteiger partial charge in [0.15, 0.2) is 0 Å². The summed E-state index contributed by atoms with van der Waals surface area (Å²) in [6, 6.07) is 2.50. The molecule has 0 aliphatic carbocycles.